The zero-order valence-corrected chi connectivity index (χ0v) is 9.08. The molecule has 2 N–H and O–H groups in total. The highest BCUT2D eigenvalue weighted by molar-refractivity contribution is 6.30. The van der Waals surface area contributed by atoms with Gasteiger partial charge in [-0.15, -0.1) is 0 Å². The summed E-state index contributed by atoms with van der Waals surface area (Å²) in [5.41, 5.74) is 0.540. The Morgan fingerprint density at radius 1 is 1.25 bits per heavy atom. The van der Waals surface area contributed by atoms with Crippen LogP contribution in [0.15, 0.2) is 42.2 Å². The summed E-state index contributed by atoms with van der Waals surface area (Å²) in [7, 11) is 0. The molecule has 0 saturated carbocycles. The van der Waals surface area contributed by atoms with Gasteiger partial charge < -0.3 is 10.2 Å². The standard InChI is InChI=1S/C12H10ClFO2/c13-9-3-1-8(2-4-9)11-7-10(15)5-6-12(11,14)16/h1-5,7,15-16H,6H2. The Morgan fingerprint density at radius 3 is 2.50 bits per heavy atom. The molecule has 84 valence electrons. The predicted molar refractivity (Wildman–Crippen MR) is 60.8 cm³/mol. The molecule has 0 bridgehead atoms. The van der Waals surface area contributed by atoms with Gasteiger partial charge in [0.2, 0.25) is 5.85 Å². The minimum Gasteiger partial charge on any atom is -0.508 e. The van der Waals surface area contributed by atoms with Crippen molar-refractivity contribution in [3.8, 4) is 0 Å². The van der Waals surface area contributed by atoms with Gasteiger partial charge in [-0.25, -0.2) is 4.39 Å². The molecule has 0 saturated heterocycles. The van der Waals surface area contributed by atoms with E-state index in [0.717, 1.165) is 0 Å². The van der Waals surface area contributed by atoms with E-state index in [1.165, 1.54) is 12.2 Å². The quantitative estimate of drug-likeness (QED) is 0.791. The van der Waals surface area contributed by atoms with Crippen LogP contribution in [0.2, 0.25) is 5.02 Å². The lowest BCUT2D eigenvalue weighted by molar-refractivity contribution is -0.0292. The fourth-order valence-electron chi connectivity index (χ4n) is 1.60. The monoisotopic (exact) mass is 240 g/mol. The Morgan fingerprint density at radius 2 is 1.88 bits per heavy atom. The van der Waals surface area contributed by atoms with Gasteiger partial charge in [0.05, 0.1) is 0 Å². The third-order valence-corrected chi connectivity index (χ3v) is 2.69. The summed E-state index contributed by atoms with van der Waals surface area (Å²) in [6, 6.07) is 6.39. The summed E-state index contributed by atoms with van der Waals surface area (Å²) < 4.78 is 13.8. The number of benzene rings is 1. The second-order valence-electron chi connectivity index (χ2n) is 3.66. The molecule has 0 aliphatic heterocycles. The molecule has 16 heavy (non-hydrogen) atoms. The normalized spacial score (nSPS) is 24.9. The van der Waals surface area contributed by atoms with E-state index < -0.39 is 5.85 Å². The number of aliphatic hydroxyl groups is 2. The van der Waals surface area contributed by atoms with Crippen LogP contribution in [-0.2, 0) is 0 Å². The molecule has 0 aromatic heterocycles. The van der Waals surface area contributed by atoms with Crippen molar-refractivity contribution >= 4 is 17.2 Å². The average Bonchev–Trinajstić information content (AvgIpc) is 2.23. The van der Waals surface area contributed by atoms with Crippen LogP contribution >= 0.6 is 11.6 Å². The third kappa shape index (κ3) is 2.10. The Labute approximate surface area is 97.3 Å². The zero-order chi connectivity index (χ0) is 11.8. The lowest BCUT2D eigenvalue weighted by Crippen LogP contribution is -2.25. The summed E-state index contributed by atoms with van der Waals surface area (Å²) in [5.74, 6) is -2.49. The van der Waals surface area contributed by atoms with Crippen LogP contribution in [0.3, 0.4) is 0 Å². The molecule has 4 heteroatoms. The van der Waals surface area contributed by atoms with Crippen LogP contribution in [-0.4, -0.2) is 16.1 Å². The molecule has 1 atom stereocenters. The van der Waals surface area contributed by atoms with Gasteiger partial charge in [0.25, 0.3) is 0 Å². The molecule has 2 nitrogen and oxygen atoms in total. The molecule has 0 fully saturated rings. The summed E-state index contributed by atoms with van der Waals surface area (Å²) in [6.07, 6.45) is 2.19. The molecule has 2 rings (SSSR count). The smallest absolute Gasteiger partial charge is 0.237 e. The molecule has 1 aromatic rings. The molecule has 0 spiro atoms. The number of hydrogen-bond donors (Lipinski definition) is 2. The average molecular weight is 241 g/mol. The summed E-state index contributed by atoms with van der Waals surface area (Å²) in [6.45, 7) is 0. The molecule has 0 amide bonds. The van der Waals surface area contributed by atoms with Gasteiger partial charge in [0.1, 0.15) is 5.76 Å². The number of halogens is 2. The van der Waals surface area contributed by atoms with Crippen LogP contribution in [0.4, 0.5) is 4.39 Å². The Bertz CT molecular complexity index is 460. The van der Waals surface area contributed by atoms with Gasteiger partial charge in [-0.1, -0.05) is 23.7 Å². The second-order valence-corrected chi connectivity index (χ2v) is 4.09. The van der Waals surface area contributed by atoms with E-state index in [1.807, 2.05) is 0 Å². The van der Waals surface area contributed by atoms with Crippen molar-refractivity contribution in [3.63, 3.8) is 0 Å². The van der Waals surface area contributed by atoms with Crippen molar-refractivity contribution in [2.45, 2.75) is 12.3 Å². The van der Waals surface area contributed by atoms with Crippen LogP contribution in [0.5, 0.6) is 0 Å². The van der Waals surface area contributed by atoms with Crippen LogP contribution in [0.1, 0.15) is 12.0 Å². The van der Waals surface area contributed by atoms with Crippen molar-refractivity contribution in [1.82, 2.24) is 0 Å². The fraction of sp³-hybridized carbons (Fsp3) is 0.167. The molecule has 1 aliphatic rings. The van der Waals surface area contributed by atoms with Gasteiger partial charge in [-0.2, -0.15) is 0 Å². The molecule has 1 aromatic carbocycles. The Hall–Kier alpha value is -1.32. The van der Waals surface area contributed by atoms with Gasteiger partial charge in [-0.3, -0.25) is 0 Å². The second kappa shape index (κ2) is 3.92. The highest BCUT2D eigenvalue weighted by Crippen LogP contribution is 2.36. The topological polar surface area (TPSA) is 40.5 Å². The summed E-state index contributed by atoms with van der Waals surface area (Å²) >= 11 is 5.71. The minimum absolute atomic E-state index is 0.0455. The largest absolute Gasteiger partial charge is 0.508 e. The number of rotatable bonds is 1. The summed E-state index contributed by atoms with van der Waals surface area (Å²) in [5, 5.41) is 19.4. The first-order valence-electron chi connectivity index (χ1n) is 4.77. The number of hydrogen-bond acceptors (Lipinski definition) is 2. The molecule has 1 unspecified atom stereocenters. The first kappa shape index (κ1) is 11.2. The van der Waals surface area contributed by atoms with Crippen LogP contribution in [0, 0.1) is 0 Å². The molecular formula is C12H10ClFO2. The summed E-state index contributed by atoms with van der Waals surface area (Å²) in [4.78, 5) is 0. The maximum Gasteiger partial charge on any atom is 0.237 e. The fourth-order valence-corrected chi connectivity index (χ4v) is 1.73. The lowest BCUT2D eigenvalue weighted by atomic mass is 9.92. The molecule has 0 heterocycles. The first-order chi connectivity index (χ1) is 7.49. The Balaban J connectivity index is 2.45. The van der Waals surface area contributed by atoms with Crippen LogP contribution in [0.25, 0.3) is 5.57 Å². The van der Waals surface area contributed by atoms with Gasteiger partial charge >= 0.3 is 0 Å². The van der Waals surface area contributed by atoms with E-state index in [9.17, 15) is 14.6 Å². The predicted octanol–water partition coefficient (Wildman–Crippen LogP) is 3.23. The molecule has 0 radical (unpaired) electrons. The van der Waals surface area contributed by atoms with E-state index in [2.05, 4.69) is 0 Å². The number of allylic oxidation sites excluding steroid dienone is 1. The van der Waals surface area contributed by atoms with Crippen molar-refractivity contribution < 1.29 is 14.6 Å². The van der Waals surface area contributed by atoms with E-state index in [-0.39, 0.29) is 17.8 Å². The van der Waals surface area contributed by atoms with Crippen LogP contribution < -0.4 is 0 Å². The minimum atomic E-state index is -2.44. The molecular weight excluding hydrogens is 231 g/mol. The van der Waals surface area contributed by atoms with Crippen molar-refractivity contribution in [1.29, 1.82) is 0 Å². The van der Waals surface area contributed by atoms with Gasteiger partial charge in [0, 0.05) is 17.0 Å². The number of aliphatic hydroxyl groups excluding tert-OH is 1. The SMILES string of the molecule is OC1=CCC(O)(F)C(c2ccc(Cl)cc2)=C1. The van der Waals surface area contributed by atoms with E-state index in [4.69, 9.17) is 11.6 Å². The van der Waals surface area contributed by atoms with E-state index in [1.54, 1.807) is 24.3 Å². The van der Waals surface area contributed by atoms with E-state index >= 15 is 0 Å². The maximum absolute atomic E-state index is 13.8. The number of alkyl halides is 1. The van der Waals surface area contributed by atoms with Gasteiger partial charge in [-0.05, 0) is 29.8 Å². The van der Waals surface area contributed by atoms with Gasteiger partial charge in [0.15, 0.2) is 0 Å². The van der Waals surface area contributed by atoms with E-state index in [0.29, 0.717) is 10.6 Å². The maximum atomic E-state index is 13.8. The van der Waals surface area contributed by atoms with Crippen molar-refractivity contribution in [2.75, 3.05) is 0 Å². The van der Waals surface area contributed by atoms with Crippen molar-refractivity contribution in [2.24, 2.45) is 0 Å². The first-order valence-corrected chi connectivity index (χ1v) is 5.15. The zero-order valence-electron chi connectivity index (χ0n) is 8.32. The highest BCUT2D eigenvalue weighted by atomic mass is 35.5. The lowest BCUT2D eigenvalue weighted by Gasteiger charge is -2.24. The Kier molecular flexibility index (Phi) is 2.74. The highest BCUT2D eigenvalue weighted by Gasteiger charge is 2.33. The molecule has 1 aliphatic carbocycles. The third-order valence-electron chi connectivity index (χ3n) is 2.44. The van der Waals surface area contributed by atoms with Crippen molar-refractivity contribution in [3.05, 3.63) is 52.8 Å².